The summed E-state index contributed by atoms with van der Waals surface area (Å²) >= 11 is 6.03. The van der Waals surface area contributed by atoms with Crippen LogP contribution in [-0.2, 0) is 6.42 Å². The lowest BCUT2D eigenvalue weighted by Crippen LogP contribution is -2.27. The number of oxazole rings is 1. The first-order chi connectivity index (χ1) is 13.5. The van der Waals surface area contributed by atoms with Gasteiger partial charge in [-0.05, 0) is 49.7 Å². The van der Waals surface area contributed by atoms with Crippen LogP contribution >= 0.6 is 11.6 Å². The predicted octanol–water partition coefficient (Wildman–Crippen LogP) is 3.99. The first-order valence-electron chi connectivity index (χ1n) is 8.81. The fourth-order valence-electron chi connectivity index (χ4n) is 2.91. The zero-order valence-electron chi connectivity index (χ0n) is 15.4. The number of fused-ring (bicyclic) bond motifs is 1. The average Bonchev–Trinajstić information content (AvgIpc) is 3.26. The third-order valence-electron chi connectivity index (χ3n) is 4.29. The van der Waals surface area contributed by atoms with Crippen LogP contribution in [0.25, 0.3) is 11.1 Å². The lowest BCUT2D eigenvalue weighted by molar-refractivity contribution is 0.0938. The molecule has 1 amide bonds. The number of hydrogen-bond acceptors (Lipinski definition) is 5. The van der Waals surface area contributed by atoms with E-state index in [2.05, 4.69) is 25.5 Å². The van der Waals surface area contributed by atoms with Gasteiger partial charge in [0.1, 0.15) is 11.3 Å². The van der Waals surface area contributed by atoms with Crippen molar-refractivity contribution in [3.63, 3.8) is 0 Å². The maximum absolute atomic E-state index is 12.6. The van der Waals surface area contributed by atoms with Crippen molar-refractivity contribution < 1.29 is 9.21 Å². The van der Waals surface area contributed by atoms with E-state index in [1.54, 1.807) is 18.2 Å². The molecule has 2 aromatic heterocycles. The van der Waals surface area contributed by atoms with Gasteiger partial charge in [0.15, 0.2) is 17.3 Å². The standard InChI is InChI=1S/C20H18ClN5O2/c1-11(19-23-12(2)25-26-19)22-20(27)14-6-7-16-17(10-14)28-18(24-16)9-13-4-3-5-15(21)8-13/h3-8,10-11H,9H2,1-2H3,(H,22,27)(H,23,25,26). The molecule has 0 radical (unpaired) electrons. The number of aromatic amines is 1. The van der Waals surface area contributed by atoms with E-state index in [4.69, 9.17) is 16.0 Å². The van der Waals surface area contributed by atoms with Crippen molar-refractivity contribution in [3.8, 4) is 0 Å². The fourth-order valence-corrected chi connectivity index (χ4v) is 3.12. The van der Waals surface area contributed by atoms with Gasteiger partial charge in [-0.1, -0.05) is 23.7 Å². The van der Waals surface area contributed by atoms with Crippen LogP contribution in [0.5, 0.6) is 0 Å². The molecule has 8 heteroatoms. The van der Waals surface area contributed by atoms with E-state index < -0.39 is 0 Å². The Bertz CT molecular complexity index is 1150. The van der Waals surface area contributed by atoms with Gasteiger partial charge in [-0.2, -0.15) is 5.10 Å². The Morgan fingerprint density at radius 3 is 2.86 bits per heavy atom. The molecule has 0 fully saturated rings. The lowest BCUT2D eigenvalue weighted by atomic mass is 10.1. The molecular formula is C20H18ClN5O2. The number of amides is 1. The second kappa shape index (κ2) is 7.44. The highest BCUT2D eigenvalue weighted by molar-refractivity contribution is 6.30. The van der Waals surface area contributed by atoms with E-state index >= 15 is 0 Å². The Morgan fingerprint density at radius 2 is 2.11 bits per heavy atom. The molecule has 0 spiro atoms. The first kappa shape index (κ1) is 18.2. The Hall–Kier alpha value is -3.19. The highest BCUT2D eigenvalue weighted by atomic mass is 35.5. The third kappa shape index (κ3) is 3.89. The lowest BCUT2D eigenvalue weighted by Gasteiger charge is -2.10. The molecule has 1 unspecified atom stereocenters. The van der Waals surface area contributed by atoms with Gasteiger partial charge in [0, 0.05) is 17.0 Å². The van der Waals surface area contributed by atoms with Crippen LogP contribution in [0, 0.1) is 6.92 Å². The van der Waals surface area contributed by atoms with Gasteiger partial charge in [0.25, 0.3) is 5.91 Å². The number of carbonyl (C=O) groups excluding carboxylic acids is 1. The molecule has 0 saturated heterocycles. The Labute approximate surface area is 166 Å². The summed E-state index contributed by atoms with van der Waals surface area (Å²) < 4.78 is 5.83. The molecule has 2 heterocycles. The van der Waals surface area contributed by atoms with Gasteiger partial charge >= 0.3 is 0 Å². The van der Waals surface area contributed by atoms with E-state index in [1.165, 1.54) is 0 Å². The van der Waals surface area contributed by atoms with Crippen molar-refractivity contribution in [2.45, 2.75) is 26.3 Å². The van der Waals surface area contributed by atoms with E-state index in [-0.39, 0.29) is 11.9 Å². The van der Waals surface area contributed by atoms with Crippen LogP contribution in [0.4, 0.5) is 0 Å². The summed E-state index contributed by atoms with van der Waals surface area (Å²) in [6.45, 7) is 3.64. The molecule has 4 rings (SSSR count). The maximum atomic E-state index is 12.6. The second-order valence-electron chi connectivity index (χ2n) is 6.57. The van der Waals surface area contributed by atoms with Crippen molar-refractivity contribution in [2.24, 2.45) is 0 Å². The van der Waals surface area contributed by atoms with E-state index in [0.29, 0.717) is 45.6 Å². The van der Waals surface area contributed by atoms with Crippen LogP contribution in [0.2, 0.25) is 5.02 Å². The van der Waals surface area contributed by atoms with Crippen LogP contribution in [0.15, 0.2) is 46.9 Å². The van der Waals surface area contributed by atoms with Gasteiger partial charge < -0.3 is 9.73 Å². The quantitative estimate of drug-likeness (QED) is 0.532. The molecule has 28 heavy (non-hydrogen) atoms. The van der Waals surface area contributed by atoms with Crippen molar-refractivity contribution in [1.29, 1.82) is 0 Å². The molecule has 0 aliphatic rings. The molecular weight excluding hydrogens is 378 g/mol. The van der Waals surface area contributed by atoms with Crippen molar-refractivity contribution in [3.05, 3.63) is 76.2 Å². The Kier molecular flexibility index (Phi) is 4.83. The molecule has 0 aliphatic heterocycles. The average molecular weight is 396 g/mol. The predicted molar refractivity (Wildman–Crippen MR) is 105 cm³/mol. The largest absolute Gasteiger partial charge is 0.440 e. The van der Waals surface area contributed by atoms with Gasteiger partial charge in [0.2, 0.25) is 0 Å². The number of nitrogens with zero attached hydrogens (tertiary/aromatic N) is 3. The summed E-state index contributed by atoms with van der Waals surface area (Å²) in [4.78, 5) is 21.3. The topological polar surface area (TPSA) is 96.7 Å². The summed E-state index contributed by atoms with van der Waals surface area (Å²) in [5, 5.41) is 10.4. The second-order valence-corrected chi connectivity index (χ2v) is 7.01. The first-order valence-corrected chi connectivity index (χ1v) is 9.19. The summed E-state index contributed by atoms with van der Waals surface area (Å²) in [6, 6.07) is 12.4. The molecule has 0 bridgehead atoms. The number of aromatic nitrogens is 4. The number of nitrogens with one attached hydrogen (secondary N) is 2. The van der Waals surface area contributed by atoms with Crippen LogP contribution < -0.4 is 5.32 Å². The number of hydrogen-bond donors (Lipinski definition) is 2. The van der Waals surface area contributed by atoms with E-state index in [0.717, 1.165) is 5.56 Å². The molecule has 2 aromatic carbocycles. The highest BCUT2D eigenvalue weighted by Gasteiger charge is 2.16. The summed E-state index contributed by atoms with van der Waals surface area (Å²) in [5.41, 5.74) is 2.75. The number of carbonyl (C=O) groups is 1. The summed E-state index contributed by atoms with van der Waals surface area (Å²) in [5.74, 6) is 1.57. The van der Waals surface area contributed by atoms with Gasteiger partial charge in [-0.25, -0.2) is 9.97 Å². The number of H-pyrrole nitrogens is 1. The molecule has 0 saturated carbocycles. The number of benzene rings is 2. The smallest absolute Gasteiger partial charge is 0.251 e. The third-order valence-corrected chi connectivity index (χ3v) is 4.52. The monoisotopic (exact) mass is 395 g/mol. The number of halogens is 1. The molecule has 142 valence electrons. The molecule has 7 nitrogen and oxygen atoms in total. The number of rotatable bonds is 5. The molecule has 2 N–H and O–H groups in total. The minimum atomic E-state index is -0.318. The zero-order valence-corrected chi connectivity index (χ0v) is 16.1. The minimum absolute atomic E-state index is 0.232. The SMILES string of the molecule is Cc1nc(C(C)NC(=O)c2ccc3nc(Cc4cccc(Cl)c4)oc3c2)n[nH]1. The Morgan fingerprint density at radius 1 is 1.25 bits per heavy atom. The minimum Gasteiger partial charge on any atom is -0.440 e. The van der Waals surface area contributed by atoms with Crippen molar-refractivity contribution in [1.82, 2.24) is 25.5 Å². The van der Waals surface area contributed by atoms with Gasteiger partial charge in [-0.15, -0.1) is 0 Å². The Balaban J connectivity index is 1.51. The maximum Gasteiger partial charge on any atom is 0.251 e. The van der Waals surface area contributed by atoms with Crippen molar-refractivity contribution in [2.75, 3.05) is 0 Å². The zero-order chi connectivity index (χ0) is 19.7. The molecule has 4 aromatic rings. The normalized spacial score (nSPS) is 12.2. The molecule has 0 aliphatic carbocycles. The molecule has 1 atom stereocenters. The van der Waals surface area contributed by atoms with Crippen LogP contribution in [-0.4, -0.2) is 26.1 Å². The van der Waals surface area contributed by atoms with Crippen LogP contribution in [0.3, 0.4) is 0 Å². The van der Waals surface area contributed by atoms with Gasteiger partial charge in [0.05, 0.1) is 6.04 Å². The van der Waals surface area contributed by atoms with E-state index in [1.807, 2.05) is 38.1 Å². The van der Waals surface area contributed by atoms with Crippen molar-refractivity contribution >= 4 is 28.6 Å². The number of aryl methyl sites for hydroxylation is 1. The fraction of sp³-hybridized carbons (Fsp3) is 0.200. The summed E-state index contributed by atoms with van der Waals surface area (Å²) in [6.07, 6.45) is 0.526. The van der Waals surface area contributed by atoms with Gasteiger partial charge in [-0.3, -0.25) is 9.89 Å². The van der Waals surface area contributed by atoms with E-state index in [9.17, 15) is 4.79 Å². The summed E-state index contributed by atoms with van der Waals surface area (Å²) in [7, 11) is 0. The van der Waals surface area contributed by atoms with Crippen LogP contribution in [0.1, 0.15) is 46.4 Å². The highest BCUT2D eigenvalue weighted by Crippen LogP contribution is 2.21.